The van der Waals surface area contributed by atoms with Gasteiger partial charge in [0.2, 0.25) is 0 Å². The minimum absolute atomic E-state index is 0.326. The van der Waals surface area contributed by atoms with Gasteiger partial charge in [-0.1, -0.05) is 32.0 Å². The van der Waals surface area contributed by atoms with E-state index in [4.69, 9.17) is 4.98 Å². The largest absolute Gasteiger partial charge is 0.309 e. The van der Waals surface area contributed by atoms with Gasteiger partial charge in [0.1, 0.15) is 0 Å². The highest BCUT2D eigenvalue weighted by Crippen LogP contribution is 2.39. The van der Waals surface area contributed by atoms with E-state index in [0.29, 0.717) is 11.3 Å². The standard InChI is InChI=1S/C18H24N2/c1-18(2)11-17-14(10-15(18)12-20(3)4)9-13-7-5-6-8-16(13)19-17/h5-9,15H,10-12H2,1-4H3. The highest BCUT2D eigenvalue weighted by molar-refractivity contribution is 5.79. The molecule has 20 heavy (non-hydrogen) atoms. The van der Waals surface area contributed by atoms with E-state index in [1.165, 1.54) is 16.6 Å². The molecule has 0 fully saturated rings. The van der Waals surface area contributed by atoms with Gasteiger partial charge in [0.05, 0.1) is 5.52 Å². The van der Waals surface area contributed by atoms with Crippen LogP contribution in [0.4, 0.5) is 0 Å². The van der Waals surface area contributed by atoms with E-state index in [2.05, 4.69) is 63.2 Å². The molecule has 106 valence electrons. The molecule has 0 saturated heterocycles. The Labute approximate surface area is 121 Å². The predicted molar refractivity (Wildman–Crippen MR) is 85.0 cm³/mol. The Balaban J connectivity index is 2.02. The number of pyridine rings is 1. The molecule has 1 aliphatic rings. The number of nitrogens with zero attached hydrogens (tertiary/aromatic N) is 2. The van der Waals surface area contributed by atoms with Crippen molar-refractivity contribution in [2.75, 3.05) is 20.6 Å². The zero-order valence-corrected chi connectivity index (χ0v) is 13.0. The molecular formula is C18H24N2. The van der Waals surface area contributed by atoms with Crippen molar-refractivity contribution in [3.05, 3.63) is 41.6 Å². The molecule has 1 unspecified atom stereocenters. The second-order valence-electron chi connectivity index (χ2n) is 7.12. The number of hydrogen-bond acceptors (Lipinski definition) is 2. The van der Waals surface area contributed by atoms with Crippen molar-refractivity contribution in [2.24, 2.45) is 11.3 Å². The Hall–Kier alpha value is -1.41. The first kappa shape index (κ1) is 13.6. The van der Waals surface area contributed by atoms with Crippen molar-refractivity contribution < 1.29 is 0 Å². The molecule has 2 aromatic rings. The summed E-state index contributed by atoms with van der Waals surface area (Å²) in [5.41, 5.74) is 4.22. The summed E-state index contributed by atoms with van der Waals surface area (Å²) in [5, 5.41) is 1.27. The lowest BCUT2D eigenvalue weighted by atomic mass is 9.67. The Morgan fingerprint density at radius 2 is 2.00 bits per heavy atom. The molecule has 0 radical (unpaired) electrons. The van der Waals surface area contributed by atoms with Gasteiger partial charge in [-0.15, -0.1) is 0 Å². The van der Waals surface area contributed by atoms with Gasteiger partial charge >= 0.3 is 0 Å². The van der Waals surface area contributed by atoms with Crippen molar-refractivity contribution in [2.45, 2.75) is 26.7 Å². The topological polar surface area (TPSA) is 16.1 Å². The molecule has 0 aliphatic heterocycles. The van der Waals surface area contributed by atoms with Crippen molar-refractivity contribution in [1.82, 2.24) is 9.88 Å². The predicted octanol–water partition coefficient (Wildman–Crippen LogP) is 3.54. The first-order valence-corrected chi connectivity index (χ1v) is 7.48. The van der Waals surface area contributed by atoms with Crippen molar-refractivity contribution >= 4 is 10.9 Å². The second-order valence-corrected chi connectivity index (χ2v) is 7.12. The molecule has 0 amide bonds. The van der Waals surface area contributed by atoms with E-state index >= 15 is 0 Å². The Morgan fingerprint density at radius 1 is 1.25 bits per heavy atom. The summed E-state index contributed by atoms with van der Waals surface area (Å²) in [6.07, 6.45) is 2.24. The number of rotatable bonds is 2. The van der Waals surface area contributed by atoms with Crippen LogP contribution in [0.1, 0.15) is 25.1 Å². The number of fused-ring (bicyclic) bond motifs is 2. The summed E-state index contributed by atoms with van der Waals surface area (Å²) in [6.45, 7) is 5.93. The molecule has 2 heteroatoms. The zero-order valence-electron chi connectivity index (χ0n) is 13.0. The van der Waals surface area contributed by atoms with Gasteiger partial charge in [-0.3, -0.25) is 4.98 Å². The van der Waals surface area contributed by atoms with E-state index in [0.717, 1.165) is 24.9 Å². The molecule has 3 rings (SSSR count). The molecule has 0 bridgehead atoms. The third-order valence-electron chi connectivity index (χ3n) is 4.67. The maximum Gasteiger partial charge on any atom is 0.0705 e. The average molecular weight is 268 g/mol. The lowest BCUT2D eigenvalue weighted by molar-refractivity contribution is 0.149. The monoisotopic (exact) mass is 268 g/mol. The first-order chi connectivity index (χ1) is 9.45. The Kier molecular flexibility index (Phi) is 3.29. The molecule has 1 heterocycles. The first-order valence-electron chi connectivity index (χ1n) is 7.48. The van der Waals surface area contributed by atoms with Crippen molar-refractivity contribution in [1.29, 1.82) is 0 Å². The zero-order chi connectivity index (χ0) is 14.3. The molecule has 1 aromatic heterocycles. The van der Waals surface area contributed by atoms with Crippen LogP contribution < -0.4 is 0 Å². The molecule has 0 spiro atoms. The Morgan fingerprint density at radius 3 is 2.75 bits per heavy atom. The summed E-state index contributed by atoms with van der Waals surface area (Å²) < 4.78 is 0. The SMILES string of the molecule is CN(C)CC1Cc2cc3ccccc3nc2CC1(C)C. The third-order valence-corrected chi connectivity index (χ3v) is 4.67. The van der Waals surface area contributed by atoms with Crippen LogP contribution >= 0.6 is 0 Å². The normalized spacial score (nSPS) is 21.1. The fourth-order valence-corrected chi connectivity index (χ4v) is 3.40. The van der Waals surface area contributed by atoms with E-state index in [9.17, 15) is 0 Å². The maximum absolute atomic E-state index is 4.91. The van der Waals surface area contributed by atoms with Gasteiger partial charge < -0.3 is 4.90 Å². The lowest BCUT2D eigenvalue weighted by Crippen LogP contribution is -2.39. The highest BCUT2D eigenvalue weighted by Gasteiger charge is 2.35. The van der Waals surface area contributed by atoms with Crippen LogP contribution in [0.5, 0.6) is 0 Å². The number of hydrogen-bond donors (Lipinski definition) is 0. The van der Waals surface area contributed by atoms with Gasteiger partial charge in [0, 0.05) is 17.6 Å². The van der Waals surface area contributed by atoms with Crippen LogP contribution in [0.25, 0.3) is 10.9 Å². The molecular weight excluding hydrogens is 244 g/mol. The number of aromatic nitrogens is 1. The van der Waals surface area contributed by atoms with Crippen LogP contribution in [0.2, 0.25) is 0 Å². The van der Waals surface area contributed by atoms with Crippen LogP contribution in [0.15, 0.2) is 30.3 Å². The number of para-hydroxylation sites is 1. The fraction of sp³-hybridized carbons (Fsp3) is 0.500. The smallest absolute Gasteiger partial charge is 0.0705 e. The minimum Gasteiger partial charge on any atom is -0.309 e. The minimum atomic E-state index is 0.326. The second kappa shape index (κ2) is 4.85. The van der Waals surface area contributed by atoms with Crippen LogP contribution in [0, 0.1) is 11.3 Å². The van der Waals surface area contributed by atoms with E-state index in [1.807, 2.05) is 0 Å². The van der Waals surface area contributed by atoms with Gasteiger partial charge in [0.15, 0.2) is 0 Å². The molecule has 1 aromatic carbocycles. The summed E-state index contributed by atoms with van der Waals surface area (Å²) >= 11 is 0. The van der Waals surface area contributed by atoms with E-state index in [1.54, 1.807) is 0 Å². The summed E-state index contributed by atoms with van der Waals surface area (Å²) in [4.78, 5) is 7.22. The van der Waals surface area contributed by atoms with Crippen LogP contribution in [-0.2, 0) is 12.8 Å². The lowest BCUT2D eigenvalue weighted by Gasteiger charge is -2.40. The van der Waals surface area contributed by atoms with Gasteiger partial charge in [-0.25, -0.2) is 0 Å². The summed E-state index contributed by atoms with van der Waals surface area (Å²) in [5.74, 6) is 0.702. The van der Waals surface area contributed by atoms with Gasteiger partial charge in [-0.2, -0.15) is 0 Å². The average Bonchev–Trinajstić information content (AvgIpc) is 2.36. The van der Waals surface area contributed by atoms with Gasteiger partial charge in [-0.05, 0) is 56.0 Å². The molecule has 1 aliphatic carbocycles. The molecule has 2 nitrogen and oxygen atoms in total. The fourth-order valence-electron chi connectivity index (χ4n) is 3.40. The van der Waals surface area contributed by atoms with E-state index < -0.39 is 0 Å². The molecule has 0 saturated carbocycles. The van der Waals surface area contributed by atoms with Crippen LogP contribution in [0.3, 0.4) is 0 Å². The molecule has 1 atom stereocenters. The quantitative estimate of drug-likeness (QED) is 0.828. The molecule has 0 N–H and O–H groups in total. The summed E-state index contributed by atoms with van der Waals surface area (Å²) in [6, 6.07) is 10.8. The van der Waals surface area contributed by atoms with Crippen molar-refractivity contribution in [3.8, 4) is 0 Å². The third kappa shape index (κ3) is 2.45. The highest BCUT2D eigenvalue weighted by atomic mass is 15.1. The summed E-state index contributed by atoms with van der Waals surface area (Å²) in [7, 11) is 4.34. The van der Waals surface area contributed by atoms with Crippen LogP contribution in [-0.4, -0.2) is 30.5 Å². The van der Waals surface area contributed by atoms with E-state index in [-0.39, 0.29) is 0 Å². The maximum atomic E-state index is 4.91. The Bertz CT molecular complexity index is 628. The number of benzene rings is 1. The van der Waals surface area contributed by atoms with Crippen molar-refractivity contribution in [3.63, 3.8) is 0 Å². The van der Waals surface area contributed by atoms with Gasteiger partial charge in [0.25, 0.3) is 0 Å².